The van der Waals surface area contributed by atoms with Crippen LogP contribution in [0.4, 0.5) is 5.69 Å². The van der Waals surface area contributed by atoms with Crippen molar-refractivity contribution in [2.75, 3.05) is 51.2 Å². The fraction of sp³-hybridized carbons (Fsp3) is 0.467. The largest absolute Gasteiger partial charge is 0.369 e. The second-order valence-electron chi connectivity index (χ2n) is 5.02. The molecule has 1 fully saturated rings. The van der Waals surface area contributed by atoms with E-state index in [1.807, 2.05) is 19.2 Å². The molecular weight excluding hydrogens is 258 g/mol. The van der Waals surface area contributed by atoms with Crippen molar-refractivity contribution in [3.05, 3.63) is 41.4 Å². The number of hydrogen-bond acceptors (Lipinski definition) is 3. The highest BCUT2D eigenvalue weighted by molar-refractivity contribution is 6.30. The molecule has 104 valence electrons. The average molecular weight is 280 g/mol. The van der Waals surface area contributed by atoms with E-state index in [4.69, 9.17) is 11.6 Å². The second-order valence-corrected chi connectivity index (χ2v) is 5.46. The van der Waals surface area contributed by atoms with Crippen molar-refractivity contribution in [3.63, 3.8) is 0 Å². The Morgan fingerprint density at radius 3 is 2.42 bits per heavy atom. The van der Waals surface area contributed by atoms with Crippen molar-refractivity contribution >= 4 is 17.3 Å². The molecule has 0 unspecified atom stereocenters. The summed E-state index contributed by atoms with van der Waals surface area (Å²) in [4.78, 5) is 4.87. The van der Waals surface area contributed by atoms with Gasteiger partial charge in [-0.25, -0.2) is 0 Å². The lowest BCUT2D eigenvalue weighted by Crippen LogP contribution is -2.47. The van der Waals surface area contributed by atoms with Crippen molar-refractivity contribution in [1.29, 1.82) is 0 Å². The monoisotopic (exact) mass is 279 g/mol. The molecule has 1 aromatic rings. The van der Waals surface area contributed by atoms with Gasteiger partial charge in [-0.15, -0.1) is 0 Å². The van der Waals surface area contributed by atoms with Gasteiger partial charge in [0.15, 0.2) is 0 Å². The minimum atomic E-state index is 0.797. The summed E-state index contributed by atoms with van der Waals surface area (Å²) in [7, 11) is 1.96. The maximum atomic E-state index is 5.92. The Hall–Kier alpha value is -1.03. The molecule has 0 aliphatic carbocycles. The molecule has 1 heterocycles. The second kappa shape index (κ2) is 6.94. The van der Waals surface area contributed by atoms with Gasteiger partial charge in [-0.2, -0.15) is 0 Å². The SMILES string of the molecule is C=C(CNC)CN1CCN(c2ccc(Cl)cc2)CC1. The Labute approximate surface area is 120 Å². The molecule has 0 amide bonds. The number of hydrogen-bond donors (Lipinski definition) is 1. The van der Waals surface area contributed by atoms with Gasteiger partial charge in [0, 0.05) is 50.0 Å². The van der Waals surface area contributed by atoms with Crippen molar-refractivity contribution in [2.24, 2.45) is 0 Å². The first-order chi connectivity index (χ1) is 9.19. The van der Waals surface area contributed by atoms with Crippen LogP contribution in [-0.4, -0.2) is 51.2 Å². The van der Waals surface area contributed by atoms with Gasteiger partial charge in [-0.3, -0.25) is 4.90 Å². The number of nitrogens with zero attached hydrogens (tertiary/aromatic N) is 2. The lowest BCUT2D eigenvalue weighted by atomic mass is 10.2. The summed E-state index contributed by atoms with van der Waals surface area (Å²) < 4.78 is 0. The van der Waals surface area contributed by atoms with Crippen molar-refractivity contribution in [3.8, 4) is 0 Å². The molecule has 0 radical (unpaired) electrons. The number of benzene rings is 1. The van der Waals surface area contributed by atoms with Gasteiger partial charge in [-0.05, 0) is 36.9 Å². The molecule has 1 aliphatic heterocycles. The highest BCUT2D eigenvalue weighted by atomic mass is 35.5. The maximum absolute atomic E-state index is 5.92. The molecule has 1 N–H and O–H groups in total. The van der Waals surface area contributed by atoms with Crippen molar-refractivity contribution < 1.29 is 0 Å². The first-order valence-electron chi connectivity index (χ1n) is 6.73. The van der Waals surface area contributed by atoms with Crippen LogP contribution in [-0.2, 0) is 0 Å². The van der Waals surface area contributed by atoms with Gasteiger partial charge in [0.2, 0.25) is 0 Å². The van der Waals surface area contributed by atoms with E-state index in [9.17, 15) is 0 Å². The third kappa shape index (κ3) is 4.23. The Morgan fingerprint density at radius 1 is 1.21 bits per heavy atom. The molecule has 0 atom stereocenters. The predicted molar refractivity (Wildman–Crippen MR) is 83.2 cm³/mol. The third-order valence-corrected chi connectivity index (χ3v) is 3.69. The van der Waals surface area contributed by atoms with Crippen LogP contribution in [0.15, 0.2) is 36.4 Å². The van der Waals surface area contributed by atoms with Crippen LogP contribution in [0, 0.1) is 0 Å². The van der Waals surface area contributed by atoms with E-state index in [2.05, 4.69) is 33.8 Å². The van der Waals surface area contributed by atoms with Crippen LogP contribution in [0.1, 0.15) is 0 Å². The van der Waals surface area contributed by atoms with Gasteiger partial charge < -0.3 is 10.2 Å². The third-order valence-electron chi connectivity index (χ3n) is 3.44. The number of likely N-dealkylation sites (N-methyl/N-ethyl adjacent to an activating group) is 1. The van der Waals surface area contributed by atoms with Crippen LogP contribution in [0.3, 0.4) is 0 Å². The number of piperazine rings is 1. The van der Waals surface area contributed by atoms with Crippen molar-refractivity contribution in [2.45, 2.75) is 0 Å². The summed E-state index contributed by atoms with van der Waals surface area (Å²) >= 11 is 5.92. The van der Waals surface area contributed by atoms with Crippen LogP contribution >= 0.6 is 11.6 Å². The first-order valence-corrected chi connectivity index (χ1v) is 7.11. The molecule has 0 spiro atoms. The van der Waals surface area contributed by atoms with E-state index in [1.165, 1.54) is 11.3 Å². The summed E-state index contributed by atoms with van der Waals surface area (Å²) in [5, 5.41) is 3.94. The summed E-state index contributed by atoms with van der Waals surface area (Å²) in [6.07, 6.45) is 0. The Balaban J connectivity index is 1.82. The maximum Gasteiger partial charge on any atom is 0.0407 e. The van der Waals surface area contributed by atoms with E-state index in [-0.39, 0.29) is 0 Å². The average Bonchev–Trinajstić information content (AvgIpc) is 2.41. The molecular formula is C15H22ClN3. The van der Waals surface area contributed by atoms with E-state index in [1.54, 1.807) is 0 Å². The fourth-order valence-electron chi connectivity index (χ4n) is 2.44. The van der Waals surface area contributed by atoms with Crippen LogP contribution in [0.5, 0.6) is 0 Å². The molecule has 0 saturated carbocycles. The Bertz CT molecular complexity index is 408. The number of halogens is 1. The predicted octanol–water partition coefficient (Wildman–Crippen LogP) is 2.24. The normalized spacial score (nSPS) is 16.6. The van der Waals surface area contributed by atoms with E-state index >= 15 is 0 Å². The first kappa shape index (κ1) is 14.4. The number of nitrogens with one attached hydrogen (secondary N) is 1. The van der Waals surface area contributed by atoms with Crippen LogP contribution in [0.25, 0.3) is 0 Å². The molecule has 1 aliphatic rings. The van der Waals surface area contributed by atoms with E-state index in [0.717, 1.165) is 44.3 Å². The molecule has 3 nitrogen and oxygen atoms in total. The molecule has 0 aromatic heterocycles. The van der Waals surface area contributed by atoms with Crippen molar-refractivity contribution in [1.82, 2.24) is 10.2 Å². The van der Waals surface area contributed by atoms with Crippen LogP contribution < -0.4 is 10.2 Å². The molecule has 1 aromatic carbocycles. The van der Waals surface area contributed by atoms with Gasteiger partial charge >= 0.3 is 0 Å². The lowest BCUT2D eigenvalue weighted by Gasteiger charge is -2.36. The Morgan fingerprint density at radius 2 is 1.84 bits per heavy atom. The summed E-state index contributed by atoms with van der Waals surface area (Å²) in [6, 6.07) is 8.10. The summed E-state index contributed by atoms with van der Waals surface area (Å²) in [5.74, 6) is 0. The molecule has 2 rings (SSSR count). The highest BCUT2D eigenvalue weighted by Crippen LogP contribution is 2.19. The quantitative estimate of drug-likeness (QED) is 0.834. The topological polar surface area (TPSA) is 18.5 Å². The number of anilines is 1. The van der Waals surface area contributed by atoms with Gasteiger partial charge in [0.05, 0.1) is 0 Å². The molecule has 19 heavy (non-hydrogen) atoms. The number of rotatable bonds is 5. The Kier molecular flexibility index (Phi) is 5.25. The molecule has 0 bridgehead atoms. The zero-order valence-electron chi connectivity index (χ0n) is 11.5. The minimum absolute atomic E-state index is 0.797. The molecule has 4 heteroatoms. The van der Waals surface area contributed by atoms with E-state index < -0.39 is 0 Å². The summed E-state index contributed by atoms with van der Waals surface area (Å²) in [6.45, 7) is 10.3. The zero-order valence-corrected chi connectivity index (χ0v) is 12.3. The van der Waals surface area contributed by atoms with Crippen LogP contribution in [0.2, 0.25) is 5.02 Å². The summed E-state index contributed by atoms with van der Waals surface area (Å²) in [5.41, 5.74) is 2.51. The van der Waals surface area contributed by atoms with Gasteiger partial charge in [0.1, 0.15) is 0 Å². The van der Waals surface area contributed by atoms with E-state index in [0.29, 0.717) is 0 Å². The highest BCUT2D eigenvalue weighted by Gasteiger charge is 2.17. The smallest absolute Gasteiger partial charge is 0.0407 e. The molecule has 1 saturated heterocycles. The van der Waals surface area contributed by atoms with Gasteiger partial charge in [0.25, 0.3) is 0 Å². The standard InChI is InChI=1S/C15H22ClN3/c1-13(11-17-2)12-18-7-9-19(10-8-18)15-5-3-14(16)4-6-15/h3-6,17H,1,7-12H2,2H3. The minimum Gasteiger partial charge on any atom is -0.369 e. The fourth-order valence-corrected chi connectivity index (χ4v) is 2.56. The van der Waals surface area contributed by atoms with Gasteiger partial charge in [-0.1, -0.05) is 18.2 Å². The zero-order chi connectivity index (χ0) is 13.7. The lowest BCUT2D eigenvalue weighted by molar-refractivity contribution is 0.277.